The van der Waals surface area contributed by atoms with Crippen LogP contribution in [0.25, 0.3) is 0 Å². The number of hydrogen-bond donors (Lipinski definition) is 2. The highest BCUT2D eigenvalue weighted by Gasteiger charge is 2.41. The molecule has 0 fully saturated rings. The number of para-hydroxylation sites is 2. The van der Waals surface area contributed by atoms with E-state index in [-0.39, 0.29) is 12.2 Å². The van der Waals surface area contributed by atoms with Crippen molar-refractivity contribution in [2.24, 2.45) is 0 Å². The minimum Gasteiger partial charge on any atom is -0.481 e. The SMILES string of the molecule is CCC(=O)C(CC(C)N(C)C)(c1ccccc1)c1ccccc1.O=C(O)Cc1ccccc1Nc1c(Cl)cccc1Cl. The number of rotatable bonds is 11. The molecule has 7 heteroatoms. The second-order valence-electron chi connectivity index (χ2n) is 10.4. The maximum atomic E-state index is 13.2. The third-order valence-corrected chi connectivity index (χ3v) is 8.02. The number of carboxylic acid groups (broad SMARTS) is 1. The van der Waals surface area contributed by atoms with Crippen molar-refractivity contribution >= 4 is 46.3 Å². The van der Waals surface area contributed by atoms with Gasteiger partial charge in [-0.15, -0.1) is 0 Å². The molecule has 0 spiro atoms. The maximum absolute atomic E-state index is 13.2. The first-order valence-corrected chi connectivity index (χ1v) is 14.7. The van der Waals surface area contributed by atoms with Crippen molar-refractivity contribution in [3.05, 3.63) is 130 Å². The van der Waals surface area contributed by atoms with E-state index < -0.39 is 11.4 Å². The smallest absolute Gasteiger partial charge is 0.307 e. The molecule has 0 bridgehead atoms. The molecule has 0 saturated carbocycles. The minimum atomic E-state index is -0.889. The van der Waals surface area contributed by atoms with Crippen LogP contribution in [0.5, 0.6) is 0 Å². The zero-order chi connectivity index (χ0) is 30.7. The van der Waals surface area contributed by atoms with Crippen molar-refractivity contribution in [1.29, 1.82) is 0 Å². The number of carbonyl (C=O) groups is 2. The van der Waals surface area contributed by atoms with E-state index in [1.54, 1.807) is 36.4 Å². The van der Waals surface area contributed by atoms with E-state index in [4.69, 9.17) is 28.3 Å². The van der Waals surface area contributed by atoms with Crippen LogP contribution in [0.15, 0.2) is 103 Å². The number of nitrogens with zero attached hydrogens (tertiary/aromatic N) is 1. The van der Waals surface area contributed by atoms with Crippen LogP contribution in [0.1, 0.15) is 43.4 Å². The van der Waals surface area contributed by atoms with Crippen LogP contribution in [0, 0.1) is 0 Å². The van der Waals surface area contributed by atoms with E-state index >= 15 is 0 Å². The molecule has 0 aliphatic rings. The van der Waals surface area contributed by atoms with Crippen molar-refractivity contribution < 1.29 is 14.7 Å². The van der Waals surface area contributed by atoms with Crippen molar-refractivity contribution in [3.63, 3.8) is 0 Å². The number of Topliss-reactive ketones (excluding diaryl/α,β-unsaturated/α-hetero) is 1. The number of nitrogens with one attached hydrogen (secondary N) is 1. The lowest BCUT2D eigenvalue weighted by Crippen LogP contribution is -2.42. The highest BCUT2D eigenvalue weighted by Crippen LogP contribution is 2.39. The lowest BCUT2D eigenvalue weighted by Gasteiger charge is -2.37. The Bertz CT molecular complexity index is 1400. The fraction of sp³-hybridized carbons (Fsp3) is 0.257. The molecule has 4 aromatic rings. The normalized spacial score (nSPS) is 11.8. The van der Waals surface area contributed by atoms with E-state index in [2.05, 4.69) is 55.5 Å². The standard InChI is InChI=1S/C21H27NO.C14H11Cl2NO2/c1-5-20(23)21(16-17(2)22(3)4,18-12-8-6-9-13-18)19-14-10-7-11-15-19;15-10-5-3-6-11(16)14(10)17-12-7-2-1-4-9(12)8-13(18)19/h6-15,17H,5,16H2,1-4H3;1-7,17H,8H2,(H,18,19). The molecule has 0 heterocycles. The number of benzene rings is 4. The van der Waals surface area contributed by atoms with Gasteiger partial charge in [-0.2, -0.15) is 0 Å². The Hall–Kier alpha value is -3.64. The topological polar surface area (TPSA) is 69.6 Å². The summed E-state index contributed by atoms with van der Waals surface area (Å²) >= 11 is 12.1. The van der Waals surface area contributed by atoms with E-state index in [9.17, 15) is 9.59 Å². The zero-order valence-electron chi connectivity index (χ0n) is 24.5. The largest absolute Gasteiger partial charge is 0.481 e. The first-order chi connectivity index (χ1) is 20.1. The van der Waals surface area contributed by atoms with Gasteiger partial charge >= 0.3 is 5.97 Å². The van der Waals surface area contributed by atoms with Crippen LogP contribution in [-0.2, 0) is 21.4 Å². The lowest BCUT2D eigenvalue weighted by atomic mass is 9.67. The molecular weight excluding hydrogens is 567 g/mol. The van der Waals surface area contributed by atoms with Gasteiger partial charge in [-0.1, -0.05) is 115 Å². The third kappa shape index (κ3) is 8.22. The molecule has 0 aromatic heterocycles. The summed E-state index contributed by atoms with van der Waals surface area (Å²) in [5.74, 6) is -0.608. The average molecular weight is 606 g/mol. The summed E-state index contributed by atoms with van der Waals surface area (Å²) < 4.78 is 0. The van der Waals surface area contributed by atoms with E-state index in [0.717, 1.165) is 17.5 Å². The van der Waals surface area contributed by atoms with Crippen molar-refractivity contribution in [3.8, 4) is 0 Å². The molecule has 4 aromatic carbocycles. The Morgan fingerprint density at radius 2 is 1.31 bits per heavy atom. The molecule has 4 rings (SSSR count). The predicted octanol–water partition coefficient (Wildman–Crippen LogP) is 8.66. The fourth-order valence-electron chi connectivity index (χ4n) is 4.92. The Labute approximate surface area is 259 Å². The number of aliphatic carboxylic acids is 1. The zero-order valence-corrected chi connectivity index (χ0v) is 26.0. The average Bonchev–Trinajstić information content (AvgIpc) is 2.99. The van der Waals surface area contributed by atoms with Crippen molar-refractivity contribution in [2.45, 2.75) is 44.6 Å². The summed E-state index contributed by atoms with van der Waals surface area (Å²) in [6.45, 7) is 4.15. The number of hydrogen-bond acceptors (Lipinski definition) is 4. The fourth-order valence-corrected chi connectivity index (χ4v) is 5.41. The molecule has 220 valence electrons. The van der Waals surface area contributed by atoms with Crippen LogP contribution in [0.3, 0.4) is 0 Å². The maximum Gasteiger partial charge on any atom is 0.307 e. The van der Waals surface area contributed by atoms with Crippen LogP contribution < -0.4 is 5.32 Å². The minimum absolute atomic E-state index is 0.0642. The molecule has 0 aliphatic carbocycles. The number of ketones is 1. The molecular formula is C35H38Cl2N2O3. The summed E-state index contributed by atoms with van der Waals surface area (Å²) in [5.41, 5.74) is 3.52. The summed E-state index contributed by atoms with van der Waals surface area (Å²) in [6.07, 6.45) is 1.25. The molecule has 5 nitrogen and oxygen atoms in total. The first kappa shape index (κ1) is 32.9. The van der Waals surface area contributed by atoms with Gasteiger partial charge in [-0.25, -0.2) is 0 Å². The van der Waals surface area contributed by atoms with Gasteiger partial charge in [-0.3, -0.25) is 9.59 Å². The molecule has 42 heavy (non-hydrogen) atoms. The monoisotopic (exact) mass is 604 g/mol. The highest BCUT2D eigenvalue weighted by atomic mass is 35.5. The molecule has 0 saturated heterocycles. The molecule has 0 aliphatic heterocycles. The summed E-state index contributed by atoms with van der Waals surface area (Å²) in [6, 6.07) is 33.1. The van der Waals surface area contributed by atoms with Gasteiger partial charge in [0, 0.05) is 18.2 Å². The second kappa shape index (κ2) is 15.5. The Morgan fingerprint density at radius 1 is 0.810 bits per heavy atom. The number of halogens is 2. The van der Waals surface area contributed by atoms with Crippen molar-refractivity contribution in [2.75, 3.05) is 19.4 Å². The molecule has 1 unspecified atom stereocenters. The first-order valence-electron chi connectivity index (χ1n) is 13.9. The molecule has 1 atom stereocenters. The highest BCUT2D eigenvalue weighted by molar-refractivity contribution is 6.39. The Balaban J connectivity index is 0.000000235. The van der Waals surface area contributed by atoms with Gasteiger partial charge < -0.3 is 15.3 Å². The number of carbonyl (C=O) groups excluding carboxylic acids is 1. The van der Waals surface area contributed by atoms with E-state index in [0.29, 0.717) is 39.4 Å². The quantitative estimate of drug-likeness (QED) is 0.179. The predicted molar refractivity (Wildman–Crippen MR) is 174 cm³/mol. The van der Waals surface area contributed by atoms with Crippen molar-refractivity contribution in [1.82, 2.24) is 4.90 Å². The Kier molecular flexibility index (Phi) is 12.2. The Morgan fingerprint density at radius 3 is 1.79 bits per heavy atom. The van der Waals surface area contributed by atoms with Gasteiger partial charge in [0.2, 0.25) is 0 Å². The van der Waals surface area contributed by atoms with Crippen LogP contribution in [0.4, 0.5) is 11.4 Å². The van der Waals surface area contributed by atoms with Gasteiger partial charge in [0.15, 0.2) is 0 Å². The van der Waals surface area contributed by atoms with Crippen LogP contribution in [0.2, 0.25) is 10.0 Å². The molecule has 0 radical (unpaired) electrons. The summed E-state index contributed by atoms with van der Waals surface area (Å²) in [7, 11) is 4.14. The van der Waals surface area contributed by atoms with Gasteiger partial charge in [-0.05, 0) is 62.3 Å². The summed E-state index contributed by atoms with van der Waals surface area (Å²) in [5, 5.41) is 12.9. The van der Waals surface area contributed by atoms with E-state index in [1.165, 1.54) is 0 Å². The van der Waals surface area contributed by atoms with Gasteiger partial charge in [0.25, 0.3) is 0 Å². The van der Waals surface area contributed by atoms with E-state index in [1.807, 2.05) is 49.4 Å². The summed E-state index contributed by atoms with van der Waals surface area (Å²) in [4.78, 5) is 26.2. The van der Waals surface area contributed by atoms with Gasteiger partial charge in [0.05, 0.1) is 27.6 Å². The lowest BCUT2D eigenvalue weighted by molar-refractivity contribution is -0.136. The molecule has 2 N–H and O–H groups in total. The number of anilines is 2. The van der Waals surface area contributed by atoms with Gasteiger partial charge in [0.1, 0.15) is 5.78 Å². The molecule has 0 amide bonds. The van der Waals surface area contributed by atoms with Crippen LogP contribution >= 0.6 is 23.2 Å². The van der Waals surface area contributed by atoms with Crippen LogP contribution in [-0.4, -0.2) is 41.9 Å². The third-order valence-electron chi connectivity index (χ3n) is 7.39. The number of carboxylic acids is 1. The second-order valence-corrected chi connectivity index (χ2v) is 11.2.